The number of hydrogen-bond donors (Lipinski definition) is 0. The Labute approximate surface area is 160 Å². The molecule has 0 N–H and O–H groups in total. The third kappa shape index (κ3) is 3.45. The molecule has 0 saturated carbocycles. The first-order valence-electron chi connectivity index (χ1n) is 9.17. The minimum atomic E-state index is -4.53. The molecule has 2 heterocycles. The summed E-state index contributed by atoms with van der Waals surface area (Å²) >= 11 is 0. The van der Waals surface area contributed by atoms with E-state index in [0.717, 1.165) is 4.90 Å². The molecule has 0 spiro atoms. The van der Waals surface area contributed by atoms with Gasteiger partial charge in [-0.1, -0.05) is 19.1 Å². The van der Waals surface area contributed by atoms with Gasteiger partial charge in [0.1, 0.15) is 18.8 Å². The van der Waals surface area contributed by atoms with E-state index in [1.165, 1.54) is 9.80 Å². The van der Waals surface area contributed by atoms with Crippen molar-refractivity contribution in [1.82, 2.24) is 9.80 Å². The van der Waals surface area contributed by atoms with Gasteiger partial charge in [0.25, 0.3) is 5.91 Å². The number of fused-ring (bicyclic) bond motifs is 3. The maximum absolute atomic E-state index is 13.1. The van der Waals surface area contributed by atoms with Crippen LogP contribution in [0.1, 0.15) is 43.5 Å². The highest BCUT2D eigenvalue weighted by Gasteiger charge is 2.53. The highest BCUT2D eigenvalue weighted by molar-refractivity contribution is 6.11. The largest absolute Gasteiger partial charge is 0.406 e. The molecule has 0 bridgehead atoms. The first-order chi connectivity index (χ1) is 13.1. The van der Waals surface area contributed by atoms with E-state index in [1.807, 2.05) is 0 Å². The van der Waals surface area contributed by atoms with Crippen LogP contribution in [0.2, 0.25) is 0 Å². The van der Waals surface area contributed by atoms with Crippen LogP contribution >= 0.6 is 0 Å². The predicted octanol–water partition coefficient (Wildman–Crippen LogP) is 2.79. The summed E-state index contributed by atoms with van der Waals surface area (Å²) < 4.78 is 38.6. The zero-order valence-corrected chi connectivity index (χ0v) is 15.8. The number of halogens is 3. The van der Waals surface area contributed by atoms with Crippen molar-refractivity contribution in [3.05, 3.63) is 29.8 Å². The molecule has 1 atom stereocenters. The zero-order valence-electron chi connectivity index (χ0n) is 15.8. The SMILES string of the molecule is CCCN(CC(F)(F)F)C(=O)CN1C(=O)c2ccccc2N2C(=O)CCC12C. The van der Waals surface area contributed by atoms with Crippen LogP contribution in [0.25, 0.3) is 0 Å². The number of carbonyl (C=O) groups excluding carboxylic acids is 3. The molecule has 3 rings (SSSR count). The molecular formula is C19H22F3N3O3. The Bertz CT molecular complexity index is 811. The van der Waals surface area contributed by atoms with Crippen molar-refractivity contribution < 1.29 is 27.6 Å². The fraction of sp³-hybridized carbons (Fsp3) is 0.526. The summed E-state index contributed by atoms with van der Waals surface area (Å²) in [5.74, 6) is -1.42. The van der Waals surface area contributed by atoms with Gasteiger partial charge in [-0.3, -0.25) is 19.3 Å². The molecule has 1 aromatic rings. The second-order valence-corrected chi connectivity index (χ2v) is 7.29. The standard InChI is InChI=1S/C19H22F3N3O3/c1-3-10-23(12-19(20,21)22)16(27)11-24-17(28)13-6-4-5-7-14(13)25-15(26)8-9-18(24,25)2/h4-7H,3,8-12H2,1-2H3. The van der Waals surface area contributed by atoms with Gasteiger partial charge in [-0.05, 0) is 31.9 Å². The summed E-state index contributed by atoms with van der Waals surface area (Å²) in [5, 5.41) is 0. The van der Waals surface area contributed by atoms with Gasteiger partial charge >= 0.3 is 6.18 Å². The molecule has 0 radical (unpaired) electrons. The zero-order chi connectivity index (χ0) is 20.7. The molecule has 2 aliphatic rings. The van der Waals surface area contributed by atoms with E-state index in [0.29, 0.717) is 18.5 Å². The topological polar surface area (TPSA) is 60.9 Å². The molecule has 1 saturated heterocycles. The van der Waals surface area contributed by atoms with Gasteiger partial charge < -0.3 is 9.80 Å². The molecular weight excluding hydrogens is 375 g/mol. The van der Waals surface area contributed by atoms with E-state index in [1.54, 1.807) is 38.1 Å². The fourth-order valence-corrected chi connectivity index (χ4v) is 3.95. The second-order valence-electron chi connectivity index (χ2n) is 7.29. The van der Waals surface area contributed by atoms with E-state index < -0.39 is 36.7 Å². The molecule has 1 unspecified atom stereocenters. The smallest absolute Gasteiger partial charge is 0.332 e. The lowest BCUT2D eigenvalue weighted by molar-refractivity contribution is -0.162. The minimum Gasteiger partial charge on any atom is -0.332 e. The first-order valence-corrected chi connectivity index (χ1v) is 9.17. The molecule has 0 aromatic heterocycles. The Morgan fingerprint density at radius 2 is 1.93 bits per heavy atom. The minimum absolute atomic E-state index is 0.0592. The molecule has 28 heavy (non-hydrogen) atoms. The molecule has 1 fully saturated rings. The van der Waals surface area contributed by atoms with Crippen molar-refractivity contribution in [3.8, 4) is 0 Å². The van der Waals surface area contributed by atoms with Gasteiger partial charge in [-0.25, -0.2) is 0 Å². The first kappa shape index (κ1) is 20.2. The fourth-order valence-electron chi connectivity index (χ4n) is 3.95. The summed E-state index contributed by atoms with van der Waals surface area (Å²) in [4.78, 5) is 41.7. The molecule has 0 aliphatic carbocycles. The normalized spacial score (nSPS) is 21.6. The van der Waals surface area contributed by atoms with Crippen molar-refractivity contribution in [3.63, 3.8) is 0 Å². The van der Waals surface area contributed by atoms with E-state index >= 15 is 0 Å². The van der Waals surface area contributed by atoms with E-state index in [2.05, 4.69) is 0 Å². The van der Waals surface area contributed by atoms with Gasteiger partial charge in [0.2, 0.25) is 11.8 Å². The molecule has 1 aromatic carbocycles. The van der Waals surface area contributed by atoms with Crippen molar-refractivity contribution in [2.75, 3.05) is 24.5 Å². The van der Waals surface area contributed by atoms with Crippen LogP contribution in [0.3, 0.4) is 0 Å². The number of nitrogens with zero attached hydrogens (tertiary/aromatic N) is 3. The second kappa shape index (κ2) is 7.10. The molecule has 2 aliphatic heterocycles. The highest BCUT2D eigenvalue weighted by Crippen LogP contribution is 2.43. The Kier molecular flexibility index (Phi) is 5.12. The number of alkyl halides is 3. The van der Waals surface area contributed by atoms with Crippen molar-refractivity contribution in [1.29, 1.82) is 0 Å². The van der Waals surface area contributed by atoms with E-state index in [9.17, 15) is 27.6 Å². The Balaban J connectivity index is 1.94. The lowest BCUT2D eigenvalue weighted by Gasteiger charge is -2.48. The maximum atomic E-state index is 13.1. The van der Waals surface area contributed by atoms with Gasteiger partial charge in [-0.15, -0.1) is 0 Å². The third-order valence-electron chi connectivity index (χ3n) is 5.26. The van der Waals surface area contributed by atoms with E-state index in [4.69, 9.17) is 0 Å². The van der Waals surface area contributed by atoms with Gasteiger partial charge in [0, 0.05) is 13.0 Å². The summed E-state index contributed by atoms with van der Waals surface area (Å²) in [7, 11) is 0. The Morgan fingerprint density at radius 3 is 2.57 bits per heavy atom. The predicted molar refractivity (Wildman–Crippen MR) is 95.5 cm³/mol. The highest BCUT2D eigenvalue weighted by atomic mass is 19.4. The summed E-state index contributed by atoms with van der Waals surface area (Å²) in [6.45, 7) is 1.42. The molecule has 9 heteroatoms. The van der Waals surface area contributed by atoms with Crippen LogP contribution in [-0.2, 0) is 9.59 Å². The van der Waals surface area contributed by atoms with Crippen molar-refractivity contribution in [2.24, 2.45) is 0 Å². The number of anilines is 1. The number of hydrogen-bond acceptors (Lipinski definition) is 3. The summed E-state index contributed by atoms with van der Waals surface area (Å²) in [5.41, 5.74) is -0.336. The maximum Gasteiger partial charge on any atom is 0.406 e. The summed E-state index contributed by atoms with van der Waals surface area (Å²) in [6, 6.07) is 6.58. The van der Waals surface area contributed by atoms with Crippen LogP contribution in [0, 0.1) is 0 Å². The van der Waals surface area contributed by atoms with Crippen molar-refractivity contribution >= 4 is 23.4 Å². The van der Waals surface area contributed by atoms with Crippen LogP contribution in [0.4, 0.5) is 18.9 Å². The summed E-state index contributed by atoms with van der Waals surface area (Å²) in [6.07, 6.45) is -3.65. The van der Waals surface area contributed by atoms with Gasteiger partial charge in [0.05, 0.1) is 11.3 Å². The van der Waals surface area contributed by atoms with Crippen LogP contribution < -0.4 is 4.90 Å². The lowest BCUT2D eigenvalue weighted by Crippen LogP contribution is -2.64. The van der Waals surface area contributed by atoms with Gasteiger partial charge in [-0.2, -0.15) is 13.2 Å². The van der Waals surface area contributed by atoms with Crippen LogP contribution in [0.15, 0.2) is 24.3 Å². The Hall–Kier alpha value is -2.58. The molecule has 152 valence electrons. The van der Waals surface area contributed by atoms with Crippen molar-refractivity contribution in [2.45, 2.75) is 44.9 Å². The lowest BCUT2D eigenvalue weighted by atomic mass is 9.98. The number of amides is 3. The van der Waals surface area contributed by atoms with Gasteiger partial charge in [0.15, 0.2) is 0 Å². The molecule has 6 nitrogen and oxygen atoms in total. The van der Waals surface area contributed by atoms with Crippen LogP contribution in [0.5, 0.6) is 0 Å². The van der Waals surface area contributed by atoms with Crippen LogP contribution in [-0.4, -0.2) is 59.0 Å². The number of para-hydroxylation sites is 1. The monoisotopic (exact) mass is 397 g/mol. The van der Waals surface area contributed by atoms with E-state index in [-0.39, 0.29) is 24.4 Å². The Morgan fingerprint density at radius 1 is 1.25 bits per heavy atom. The average Bonchev–Trinajstić information content (AvgIpc) is 2.93. The molecule has 3 amide bonds. The number of carbonyl (C=O) groups is 3. The quantitative estimate of drug-likeness (QED) is 0.768. The average molecular weight is 397 g/mol. The number of benzene rings is 1. The third-order valence-corrected chi connectivity index (χ3v) is 5.26. The number of rotatable bonds is 5.